The Kier molecular flexibility index (Phi) is 3.58. The summed E-state index contributed by atoms with van der Waals surface area (Å²) in [6, 6.07) is 4.68. The summed E-state index contributed by atoms with van der Waals surface area (Å²) in [7, 11) is 4.38. The van der Waals surface area contributed by atoms with Crippen LogP contribution in [0, 0.1) is 6.92 Å². The number of anilines is 1. The van der Waals surface area contributed by atoms with Crippen LogP contribution in [-0.4, -0.2) is 70.7 Å². The summed E-state index contributed by atoms with van der Waals surface area (Å²) < 4.78 is 1.86. The zero-order chi connectivity index (χ0) is 14.1. The number of aryl methyl sites for hydroxylation is 1. The topological polar surface area (TPSA) is 48.7 Å². The standard InChI is InChI=1S/C14H22N6/c1-11-6-13(20-14(7-11)16-10-17-20)15-8-12-9-18(2)4-5-19(12)3/h6-7,10,12,15H,4-5,8-9H2,1-3H3. The number of nitrogens with one attached hydrogen (secondary N) is 1. The Morgan fingerprint density at radius 1 is 1.30 bits per heavy atom. The Balaban J connectivity index is 1.74. The van der Waals surface area contributed by atoms with Gasteiger partial charge in [0, 0.05) is 32.2 Å². The van der Waals surface area contributed by atoms with E-state index in [-0.39, 0.29) is 0 Å². The molecule has 0 saturated carbocycles. The predicted octanol–water partition coefficient (Wildman–Crippen LogP) is 0.695. The van der Waals surface area contributed by atoms with E-state index in [4.69, 9.17) is 0 Å². The molecule has 1 N–H and O–H groups in total. The monoisotopic (exact) mass is 274 g/mol. The Morgan fingerprint density at radius 3 is 3.00 bits per heavy atom. The number of fused-ring (bicyclic) bond motifs is 1. The van der Waals surface area contributed by atoms with Crippen LogP contribution in [0.2, 0.25) is 0 Å². The molecule has 1 fully saturated rings. The third-order valence-corrected chi connectivity index (χ3v) is 4.02. The molecule has 0 radical (unpaired) electrons. The molecule has 2 aromatic heterocycles. The lowest BCUT2D eigenvalue weighted by Gasteiger charge is -2.37. The minimum atomic E-state index is 0.521. The molecule has 1 saturated heterocycles. The summed E-state index contributed by atoms with van der Waals surface area (Å²) in [5.41, 5.74) is 2.09. The third-order valence-electron chi connectivity index (χ3n) is 4.02. The van der Waals surface area contributed by atoms with Gasteiger partial charge in [-0.25, -0.2) is 4.98 Å². The van der Waals surface area contributed by atoms with E-state index >= 15 is 0 Å². The molecule has 1 atom stereocenters. The van der Waals surface area contributed by atoms with Gasteiger partial charge in [0.15, 0.2) is 5.65 Å². The molecule has 20 heavy (non-hydrogen) atoms. The molecule has 6 nitrogen and oxygen atoms in total. The van der Waals surface area contributed by atoms with Crippen molar-refractivity contribution in [3.05, 3.63) is 24.0 Å². The Bertz CT molecular complexity index is 592. The summed E-state index contributed by atoms with van der Waals surface area (Å²) in [6.45, 7) is 6.36. The summed E-state index contributed by atoms with van der Waals surface area (Å²) in [5.74, 6) is 1.01. The van der Waals surface area contributed by atoms with Crippen LogP contribution >= 0.6 is 0 Å². The fraction of sp³-hybridized carbons (Fsp3) is 0.571. The molecule has 1 aliphatic heterocycles. The van der Waals surface area contributed by atoms with Gasteiger partial charge in [-0.15, -0.1) is 0 Å². The van der Waals surface area contributed by atoms with Crippen molar-refractivity contribution in [3.8, 4) is 0 Å². The summed E-state index contributed by atoms with van der Waals surface area (Å²) in [5, 5.41) is 7.80. The van der Waals surface area contributed by atoms with Gasteiger partial charge < -0.3 is 10.2 Å². The molecular weight excluding hydrogens is 252 g/mol. The highest BCUT2D eigenvalue weighted by atomic mass is 15.3. The van der Waals surface area contributed by atoms with Gasteiger partial charge in [-0.3, -0.25) is 4.90 Å². The minimum absolute atomic E-state index is 0.521. The molecule has 3 heterocycles. The van der Waals surface area contributed by atoms with E-state index in [9.17, 15) is 0 Å². The maximum Gasteiger partial charge on any atom is 0.157 e. The molecule has 0 aromatic carbocycles. The Labute approximate surface area is 119 Å². The van der Waals surface area contributed by atoms with Crippen molar-refractivity contribution in [2.45, 2.75) is 13.0 Å². The molecule has 108 valence electrons. The van der Waals surface area contributed by atoms with Gasteiger partial charge in [0.2, 0.25) is 0 Å². The van der Waals surface area contributed by atoms with Gasteiger partial charge >= 0.3 is 0 Å². The SMILES string of the molecule is Cc1cc(NCC2CN(C)CCN2C)n2ncnc2c1. The van der Waals surface area contributed by atoms with Crippen LogP contribution in [0.25, 0.3) is 5.65 Å². The van der Waals surface area contributed by atoms with Crippen LogP contribution < -0.4 is 5.32 Å². The van der Waals surface area contributed by atoms with E-state index in [1.807, 2.05) is 10.6 Å². The molecule has 2 aromatic rings. The van der Waals surface area contributed by atoms with E-state index in [0.717, 1.165) is 37.6 Å². The first-order valence-corrected chi connectivity index (χ1v) is 7.06. The largest absolute Gasteiger partial charge is 0.368 e. The fourth-order valence-electron chi connectivity index (χ4n) is 2.73. The van der Waals surface area contributed by atoms with Gasteiger partial charge in [-0.05, 0) is 38.7 Å². The second kappa shape index (κ2) is 5.38. The first kappa shape index (κ1) is 13.3. The van der Waals surface area contributed by atoms with Gasteiger partial charge in [0.25, 0.3) is 0 Å². The average molecular weight is 274 g/mol. The maximum atomic E-state index is 4.28. The van der Waals surface area contributed by atoms with E-state index < -0.39 is 0 Å². The number of pyridine rings is 1. The van der Waals surface area contributed by atoms with Crippen molar-refractivity contribution in [1.29, 1.82) is 0 Å². The second-order valence-electron chi connectivity index (χ2n) is 5.73. The molecule has 6 heteroatoms. The molecular formula is C14H22N6. The average Bonchev–Trinajstić information content (AvgIpc) is 2.87. The van der Waals surface area contributed by atoms with Crippen molar-refractivity contribution in [2.24, 2.45) is 0 Å². The van der Waals surface area contributed by atoms with Crippen LogP contribution in [0.5, 0.6) is 0 Å². The maximum absolute atomic E-state index is 4.28. The van der Waals surface area contributed by atoms with E-state index in [2.05, 4.69) is 52.3 Å². The number of hydrogen-bond acceptors (Lipinski definition) is 5. The number of likely N-dealkylation sites (N-methyl/N-ethyl adjacent to an activating group) is 2. The number of piperazine rings is 1. The second-order valence-corrected chi connectivity index (χ2v) is 5.73. The highest BCUT2D eigenvalue weighted by Crippen LogP contribution is 2.14. The molecule has 0 bridgehead atoms. The molecule has 1 unspecified atom stereocenters. The van der Waals surface area contributed by atoms with E-state index in [1.54, 1.807) is 6.33 Å². The minimum Gasteiger partial charge on any atom is -0.368 e. The highest BCUT2D eigenvalue weighted by molar-refractivity contribution is 5.51. The summed E-state index contributed by atoms with van der Waals surface area (Å²) >= 11 is 0. The number of hydrogen-bond donors (Lipinski definition) is 1. The van der Waals surface area contributed by atoms with E-state index in [1.165, 1.54) is 5.56 Å². The van der Waals surface area contributed by atoms with Crippen LogP contribution in [0.4, 0.5) is 5.82 Å². The first-order chi connectivity index (χ1) is 9.63. The van der Waals surface area contributed by atoms with Crippen molar-refractivity contribution >= 4 is 11.5 Å². The zero-order valence-corrected chi connectivity index (χ0v) is 12.4. The summed E-state index contributed by atoms with van der Waals surface area (Å²) in [4.78, 5) is 9.06. The van der Waals surface area contributed by atoms with Crippen LogP contribution in [0.15, 0.2) is 18.5 Å². The molecule has 0 spiro atoms. The van der Waals surface area contributed by atoms with Crippen LogP contribution in [-0.2, 0) is 0 Å². The number of nitrogens with zero attached hydrogens (tertiary/aromatic N) is 5. The Hall–Kier alpha value is -1.66. The number of aromatic nitrogens is 3. The van der Waals surface area contributed by atoms with Crippen molar-refractivity contribution in [2.75, 3.05) is 45.6 Å². The quantitative estimate of drug-likeness (QED) is 0.892. The van der Waals surface area contributed by atoms with Crippen molar-refractivity contribution in [1.82, 2.24) is 24.4 Å². The van der Waals surface area contributed by atoms with Gasteiger partial charge in [-0.2, -0.15) is 9.61 Å². The van der Waals surface area contributed by atoms with Gasteiger partial charge in [0.05, 0.1) is 0 Å². The molecule has 0 amide bonds. The smallest absolute Gasteiger partial charge is 0.157 e. The molecule has 1 aliphatic rings. The number of rotatable bonds is 3. The highest BCUT2D eigenvalue weighted by Gasteiger charge is 2.22. The van der Waals surface area contributed by atoms with Crippen LogP contribution in [0.1, 0.15) is 5.56 Å². The lowest BCUT2D eigenvalue weighted by molar-refractivity contribution is 0.122. The lowest BCUT2D eigenvalue weighted by atomic mass is 10.2. The predicted molar refractivity (Wildman–Crippen MR) is 80.1 cm³/mol. The zero-order valence-electron chi connectivity index (χ0n) is 12.4. The fourth-order valence-corrected chi connectivity index (χ4v) is 2.73. The summed E-state index contributed by atoms with van der Waals surface area (Å²) in [6.07, 6.45) is 1.60. The molecule has 3 rings (SSSR count). The lowest BCUT2D eigenvalue weighted by Crippen LogP contribution is -2.52. The van der Waals surface area contributed by atoms with Crippen LogP contribution in [0.3, 0.4) is 0 Å². The third kappa shape index (κ3) is 2.62. The van der Waals surface area contributed by atoms with Gasteiger partial charge in [-0.1, -0.05) is 0 Å². The van der Waals surface area contributed by atoms with E-state index in [0.29, 0.717) is 6.04 Å². The normalized spacial score (nSPS) is 21.4. The van der Waals surface area contributed by atoms with Crippen molar-refractivity contribution < 1.29 is 0 Å². The molecule has 0 aliphatic carbocycles. The Morgan fingerprint density at radius 2 is 2.15 bits per heavy atom. The first-order valence-electron chi connectivity index (χ1n) is 7.06. The van der Waals surface area contributed by atoms with Gasteiger partial charge in [0.1, 0.15) is 12.1 Å². The van der Waals surface area contributed by atoms with Crippen molar-refractivity contribution in [3.63, 3.8) is 0 Å².